The predicted molar refractivity (Wildman–Crippen MR) is 78.1 cm³/mol. The molecule has 0 spiro atoms. The average molecular weight is 313 g/mol. The standard InChI is InChI=1S/C14H19NO5S/c1-3-21(18,19)11-6-4-10(5-7-11)15-12-8-20-9-14(12,2)13(16)17/h4-7,12,15H,3,8-9H2,1-2H3,(H,16,17). The highest BCUT2D eigenvalue weighted by atomic mass is 32.2. The van der Waals surface area contributed by atoms with Gasteiger partial charge < -0.3 is 15.2 Å². The molecule has 21 heavy (non-hydrogen) atoms. The van der Waals surface area contributed by atoms with Crippen LogP contribution in [0, 0.1) is 5.41 Å². The van der Waals surface area contributed by atoms with Crippen LogP contribution in [0.2, 0.25) is 0 Å². The van der Waals surface area contributed by atoms with E-state index in [1.54, 1.807) is 26.0 Å². The van der Waals surface area contributed by atoms with E-state index >= 15 is 0 Å². The molecule has 1 aromatic rings. The number of anilines is 1. The first-order chi connectivity index (χ1) is 9.79. The highest BCUT2D eigenvalue weighted by Gasteiger charge is 2.46. The van der Waals surface area contributed by atoms with Gasteiger partial charge in [0.25, 0.3) is 0 Å². The Morgan fingerprint density at radius 2 is 2.05 bits per heavy atom. The minimum Gasteiger partial charge on any atom is -0.481 e. The van der Waals surface area contributed by atoms with E-state index in [4.69, 9.17) is 4.74 Å². The van der Waals surface area contributed by atoms with Gasteiger partial charge >= 0.3 is 5.97 Å². The van der Waals surface area contributed by atoms with Crippen LogP contribution in [0.4, 0.5) is 5.69 Å². The zero-order chi connectivity index (χ0) is 15.7. The Bertz CT molecular complexity index is 625. The Balaban J connectivity index is 2.16. The fourth-order valence-corrected chi connectivity index (χ4v) is 3.10. The van der Waals surface area contributed by atoms with E-state index in [1.807, 2.05) is 0 Å². The van der Waals surface area contributed by atoms with Gasteiger partial charge in [0, 0.05) is 5.69 Å². The van der Waals surface area contributed by atoms with Crippen LogP contribution in [-0.2, 0) is 19.4 Å². The topological polar surface area (TPSA) is 92.7 Å². The van der Waals surface area contributed by atoms with E-state index in [0.717, 1.165) is 0 Å². The lowest BCUT2D eigenvalue weighted by molar-refractivity contribution is -0.148. The third-order valence-electron chi connectivity index (χ3n) is 3.88. The predicted octanol–water partition coefficient (Wildman–Crippen LogP) is 1.38. The minimum atomic E-state index is -3.23. The number of sulfone groups is 1. The summed E-state index contributed by atoms with van der Waals surface area (Å²) in [4.78, 5) is 11.6. The van der Waals surface area contributed by atoms with E-state index in [-0.39, 0.29) is 23.3 Å². The molecular formula is C14H19NO5S. The van der Waals surface area contributed by atoms with Crippen LogP contribution in [-0.4, -0.2) is 44.5 Å². The highest BCUT2D eigenvalue weighted by Crippen LogP contribution is 2.31. The van der Waals surface area contributed by atoms with Crippen molar-refractivity contribution in [2.24, 2.45) is 5.41 Å². The molecular weight excluding hydrogens is 294 g/mol. The molecule has 0 radical (unpaired) electrons. The number of aliphatic carboxylic acids is 1. The first kappa shape index (κ1) is 15.8. The molecule has 1 fully saturated rings. The SMILES string of the molecule is CCS(=O)(=O)c1ccc(NC2COCC2(C)C(=O)O)cc1. The first-order valence-corrected chi connectivity index (χ1v) is 8.35. The van der Waals surface area contributed by atoms with E-state index in [0.29, 0.717) is 12.3 Å². The molecule has 7 heteroatoms. The van der Waals surface area contributed by atoms with Crippen molar-refractivity contribution >= 4 is 21.5 Å². The van der Waals surface area contributed by atoms with Crippen molar-refractivity contribution in [1.29, 1.82) is 0 Å². The molecule has 1 aromatic carbocycles. The van der Waals surface area contributed by atoms with E-state index in [2.05, 4.69) is 5.32 Å². The maximum Gasteiger partial charge on any atom is 0.313 e. The molecule has 116 valence electrons. The fourth-order valence-electron chi connectivity index (χ4n) is 2.21. The Morgan fingerprint density at radius 3 is 2.57 bits per heavy atom. The maximum absolute atomic E-state index is 11.7. The summed E-state index contributed by atoms with van der Waals surface area (Å²) in [5.41, 5.74) is -0.318. The average Bonchev–Trinajstić information content (AvgIpc) is 2.82. The van der Waals surface area contributed by atoms with E-state index in [9.17, 15) is 18.3 Å². The summed E-state index contributed by atoms with van der Waals surface area (Å²) in [6.45, 7) is 3.69. The molecule has 2 atom stereocenters. The number of nitrogens with one attached hydrogen (secondary N) is 1. The molecule has 0 aromatic heterocycles. The second-order valence-electron chi connectivity index (χ2n) is 5.36. The molecule has 1 saturated heterocycles. The lowest BCUT2D eigenvalue weighted by Crippen LogP contribution is -2.43. The lowest BCUT2D eigenvalue weighted by atomic mass is 9.85. The molecule has 0 bridgehead atoms. The van der Waals surface area contributed by atoms with Crippen LogP contribution in [0.25, 0.3) is 0 Å². The van der Waals surface area contributed by atoms with Gasteiger partial charge in [-0.3, -0.25) is 4.79 Å². The van der Waals surface area contributed by atoms with Crippen molar-refractivity contribution in [3.8, 4) is 0 Å². The Labute approximate surface area is 124 Å². The van der Waals surface area contributed by atoms with Crippen LogP contribution in [0.15, 0.2) is 29.2 Å². The van der Waals surface area contributed by atoms with Gasteiger partial charge in [0.2, 0.25) is 0 Å². The third kappa shape index (κ3) is 3.03. The summed E-state index contributed by atoms with van der Waals surface area (Å²) in [7, 11) is -3.23. The Morgan fingerprint density at radius 1 is 1.43 bits per heavy atom. The van der Waals surface area contributed by atoms with Crippen molar-refractivity contribution in [1.82, 2.24) is 0 Å². The Kier molecular flexibility index (Phi) is 4.25. The van der Waals surface area contributed by atoms with Crippen molar-refractivity contribution in [2.75, 3.05) is 24.3 Å². The number of hydrogen-bond acceptors (Lipinski definition) is 5. The number of carboxylic acids is 1. The monoisotopic (exact) mass is 313 g/mol. The quantitative estimate of drug-likeness (QED) is 0.853. The van der Waals surface area contributed by atoms with Gasteiger partial charge in [0.15, 0.2) is 9.84 Å². The lowest BCUT2D eigenvalue weighted by Gasteiger charge is -2.26. The molecule has 1 aliphatic rings. The van der Waals surface area contributed by atoms with Crippen molar-refractivity contribution in [2.45, 2.75) is 24.8 Å². The van der Waals surface area contributed by atoms with Crippen molar-refractivity contribution in [3.05, 3.63) is 24.3 Å². The zero-order valence-corrected chi connectivity index (χ0v) is 12.8. The van der Waals surface area contributed by atoms with E-state index in [1.165, 1.54) is 12.1 Å². The number of ether oxygens (including phenoxy) is 1. The van der Waals surface area contributed by atoms with Gasteiger partial charge in [-0.05, 0) is 31.2 Å². The summed E-state index contributed by atoms with van der Waals surface area (Å²) < 4.78 is 28.7. The van der Waals surface area contributed by atoms with Crippen LogP contribution < -0.4 is 5.32 Å². The summed E-state index contributed by atoms with van der Waals surface area (Å²) in [5, 5.41) is 12.4. The summed E-state index contributed by atoms with van der Waals surface area (Å²) in [6, 6.07) is 5.97. The summed E-state index contributed by atoms with van der Waals surface area (Å²) in [5.74, 6) is -0.865. The maximum atomic E-state index is 11.7. The van der Waals surface area contributed by atoms with Gasteiger partial charge in [-0.2, -0.15) is 0 Å². The van der Waals surface area contributed by atoms with Gasteiger partial charge in [-0.15, -0.1) is 0 Å². The minimum absolute atomic E-state index is 0.0489. The van der Waals surface area contributed by atoms with Gasteiger partial charge in [0.1, 0.15) is 5.41 Å². The molecule has 0 aliphatic carbocycles. The molecule has 6 nitrogen and oxygen atoms in total. The molecule has 2 unspecified atom stereocenters. The number of carboxylic acid groups (broad SMARTS) is 1. The fraction of sp³-hybridized carbons (Fsp3) is 0.500. The number of carbonyl (C=O) groups is 1. The van der Waals surface area contributed by atoms with Crippen LogP contribution in [0.5, 0.6) is 0 Å². The highest BCUT2D eigenvalue weighted by molar-refractivity contribution is 7.91. The number of benzene rings is 1. The second kappa shape index (κ2) is 5.65. The molecule has 2 rings (SSSR count). The summed E-state index contributed by atoms with van der Waals surface area (Å²) >= 11 is 0. The van der Waals surface area contributed by atoms with Crippen LogP contribution >= 0.6 is 0 Å². The molecule has 1 heterocycles. The zero-order valence-electron chi connectivity index (χ0n) is 12.0. The largest absolute Gasteiger partial charge is 0.481 e. The van der Waals surface area contributed by atoms with Crippen molar-refractivity contribution < 1.29 is 23.1 Å². The third-order valence-corrected chi connectivity index (χ3v) is 5.63. The van der Waals surface area contributed by atoms with Gasteiger partial charge in [-0.25, -0.2) is 8.42 Å². The van der Waals surface area contributed by atoms with Gasteiger partial charge in [0.05, 0.1) is 29.9 Å². The second-order valence-corrected chi connectivity index (χ2v) is 7.64. The van der Waals surface area contributed by atoms with Crippen molar-refractivity contribution in [3.63, 3.8) is 0 Å². The Hall–Kier alpha value is -1.60. The van der Waals surface area contributed by atoms with Gasteiger partial charge in [-0.1, -0.05) is 6.92 Å². The molecule has 1 aliphatic heterocycles. The first-order valence-electron chi connectivity index (χ1n) is 6.70. The number of hydrogen-bond donors (Lipinski definition) is 2. The van der Waals surface area contributed by atoms with Crippen LogP contribution in [0.1, 0.15) is 13.8 Å². The van der Waals surface area contributed by atoms with Crippen LogP contribution in [0.3, 0.4) is 0 Å². The summed E-state index contributed by atoms with van der Waals surface area (Å²) in [6.07, 6.45) is 0. The molecule has 2 N–H and O–H groups in total. The smallest absolute Gasteiger partial charge is 0.313 e. The van der Waals surface area contributed by atoms with E-state index < -0.39 is 21.2 Å². The molecule has 0 saturated carbocycles. The molecule has 0 amide bonds. The normalized spacial score (nSPS) is 25.7. The number of rotatable bonds is 5.